The highest BCUT2D eigenvalue weighted by Crippen LogP contribution is 2.20. The van der Waals surface area contributed by atoms with Crippen LogP contribution in [-0.4, -0.2) is 9.78 Å². The zero-order valence-corrected chi connectivity index (χ0v) is 13.6. The second-order valence-electron chi connectivity index (χ2n) is 5.79. The first-order valence-corrected chi connectivity index (χ1v) is 7.31. The lowest BCUT2D eigenvalue weighted by Crippen LogP contribution is -1.97. The summed E-state index contributed by atoms with van der Waals surface area (Å²) in [6.45, 7) is 7.31. The number of aryl methyl sites for hydroxylation is 1. The molecular weight excluding hydrogens is 289 g/mol. The second kappa shape index (κ2) is 8.01. The van der Waals surface area contributed by atoms with Gasteiger partial charge in [0, 0.05) is 6.20 Å². The summed E-state index contributed by atoms with van der Waals surface area (Å²) in [5.41, 5.74) is 2.75. The molecule has 0 aliphatic heterocycles. The molecule has 0 unspecified atom stereocenters. The fourth-order valence-corrected chi connectivity index (χ4v) is 2.01. The zero-order chi connectivity index (χ0) is 16.9. The Bertz CT molecular complexity index is 572. The first kappa shape index (κ1) is 18.3. The third-order valence-electron chi connectivity index (χ3n) is 3.31. The van der Waals surface area contributed by atoms with Gasteiger partial charge in [-0.05, 0) is 42.0 Å². The molecule has 0 amide bonds. The van der Waals surface area contributed by atoms with Crippen molar-refractivity contribution in [2.45, 2.75) is 53.0 Å². The molecule has 1 heterocycles. The van der Waals surface area contributed by atoms with Crippen LogP contribution in [0.25, 0.3) is 0 Å². The summed E-state index contributed by atoms with van der Waals surface area (Å²) in [4.78, 5) is 0. The normalized spacial score (nSPS) is 11.0. The van der Waals surface area contributed by atoms with Crippen molar-refractivity contribution in [1.29, 1.82) is 0 Å². The van der Waals surface area contributed by atoms with Crippen LogP contribution in [0, 0.1) is 12.7 Å². The molecule has 0 radical (unpaired) electrons. The highest BCUT2D eigenvalue weighted by Gasteiger charge is 2.12. The van der Waals surface area contributed by atoms with E-state index in [2.05, 4.69) is 18.9 Å². The second-order valence-corrected chi connectivity index (χ2v) is 5.79. The van der Waals surface area contributed by atoms with Crippen LogP contribution >= 0.6 is 0 Å². The van der Waals surface area contributed by atoms with Crippen molar-refractivity contribution in [2.75, 3.05) is 0 Å². The van der Waals surface area contributed by atoms with Crippen LogP contribution in [0.2, 0.25) is 0 Å². The van der Waals surface area contributed by atoms with Crippen LogP contribution in [0.3, 0.4) is 0 Å². The minimum Gasteiger partial charge on any atom is -0.211 e. The largest absolute Gasteiger partial charge is 0.333 e. The van der Waals surface area contributed by atoms with Gasteiger partial charge in [-0.15, -0.1) is 0 Å². The van der Waals surface area contributed by atoms with E-state index < -0.39 is 6.55 Å². The Labute approximate surface area is 130 Å². The first-order valence-electron chi connectivity index (χ1n) is 7.31. The maximum absolute atomic E-state index is 12.4. The predicted octanol–water partition coefficient (Wildman–Crippen LogP) is 5.66. The fourth-order valence-electron chi connectivity index (χ4n) is 2.01. The number of aromatic nitrogens is 2. The van der Waals surface area contributed by atoms with Gasteiger partial charge in [0.15, 0.2) is 0 Å². The smallest absolute Gasteiger partial charge is 0.211 e. The van der Waals surface area contributed by atoms with Crippen LogP contribution in [0.15, 0.2) is 30.5 Å². The zero-order valence-electron chi connectivity index (χ0n) is 13.6. The molecule has 1 aromatic carbocycles. The van der Waals surface area contributed by atoms with E-state index >= 15 is 0 Å². The van der Waals surface area contributed by atoms with Crippen LogP contribution in [0.5, 0.6) is 0 Å². The molecule has 2 rings (SSSR count). The average Bonchev–Trinajstić information content (AvgIpc) is 2.82. The van der Waals surface area contributed by atoms with Gasteiger partial charge in [-0.2, -0.15) is 13.9 Å². The van der Waals surface area contributed by atoms with Gasteiger partial charge >= 0.3 is 6.55 Å². The summed E-state index contributed by atoms with van der Waals surface area (Å²) in [5, 5.41) is 3.70. The Kier molecular flexibility index (Phi) is 6.65. The average molecular weight is 312 g/mol. The van der Waals surface area contributed by atoms with E-state index in [0.717, 1.165) is 5.56 Å². The van der Waals surface area contributed by atoms with Gasteiger partial charge in [0.05, 0.1) is 5.69 Å². The van der Waals surface area contributed by atoms with Crippen molar-refractivity contribution < 1.29 is 13.2 Å². The number of alkyl halides is 2. The van der Waals surface area contributed by atoms with E-state index in [0.29, 0.717) is 16.3 Å². The molecule has 2 aromatic rings. The number of hydrogen-bond acceptors (Lipinski definition) is 1. The third-order valence-corrected chi connectivity index (χ3v) is 3.31. The molecule has 22 heavy (non-hydrogen) atoms. The molecule has 0 aliphatic rings. The van der Waals surface area contributed by atoms with E-state index in [1.807, 2.05) is 26.0 Å². The number of benzene rings is 1. The molecule has 2 nitrogen and oxygen atoms in total. The molecule has 0 spiro atoms. The van der Waals surface area contributed by atoms with Gasteiger partial charge in [0.25, 0.3) is 0 Å². The Balaban J connectivity index is 0.000000224. The summed E-state index contributed by atoms with van der Waals surface area (Å²) in [7, 11) is 0. The molecule has 5 heteroatoms. The monoisotopic (exact) mass is 312 g/mol. The highest BCUT2D eigenvalue weighted by molar-refractivity contribution is 5.19. The molecule has 122 valence electrons. The SMILES string of the molecule is CC(C)c1ccc(F)cc1.Cc1nn(C(F)F)cc1C(C)C. The lowest BCUT2D eigenvalue weighted by atomic mass is 10.0. The van der Waals surface area contributed by atoms with Crippen molar-refractivity contribution in [3.05, 3.63) is 53.1 Å². The Hall–Kier alpha value is -1.78. The highest BCUT2D eigenvalue weighted by atomic mass is 19.3. The van der Waals surface area contributed by atoms with Crippen molar-refractivity contribution in [2.24, 2.45) is 0 Å². The summed E-state index contributed by atoms with van der Waals surface area (Å²) >= 11 is 0. The molecular formula is C17H23F3N2. The minimum atomic E-state index is -2.53. The van der Waals surface area contributed by atoms with Crippen LogP contribution in [0.4, 0.5) is 13.2 Å². The van der Waals surface area contributed by atoms with E-state index in [1.54, 1.807) is 6.92 Å². The molecule has 0 aliphatic carbocycles. The Morgan fingerprint density at radius 2 is 1.50 bits per heavy atom. The van der Waals surface area contributed by atoms with Gasteiger partial charge in [0.2, 0.25) is 0 Å². The molecule has 0 N–H and O–H groups in total. The Morgan fingerprint density at radius 3 is 1.82 bits per heavy atom. The van der Waals surface area contributed by atoms with Crippen LogP contribution in [-0.2, 0) is 0 Å². The van der Waals surface area contributed by atoms with Crippen LogP contribution in [0.1, 0.15) is 62.9 Å². The quantitative estimate of drug-likeness (QED) is 0.715. The summed E-state index contributed by atoms with van der Waals surface area (Å²) in [6, 6.07) is 6.63. The summed E-state index contributed by atoms with van der Waals surface area (Å²) < 4.78 is 37.3. The fraction of sp³-hybridized carbons (Fsp3) is 0.471. The lowest BCUT2D eigenvalue weighted by Gasteiger charge is -2.02. The van der Waals surface area contributed by atoms with Crippen molar-refractivity contribution in [1.82, 2.24) is 9.78 Å². The minimum absolute atomic E-state index is 0.163. The number of halogens is 3. The van der Waals surface area contributed by atoms with Gasteiger partial charge in [-0.1, -0.05) is 39.8 Å². The van der Waals surface area contributed by atoms with Crippen molar-refractivity contribution >= 4 is 0 Å². The van der Waals surface area contributed by atoms with Crippen molar-refractivity contribution in [3.8, 4) is 0 Å². The number of hydrogen-bond donors (Lipinski definition) is 0. The lowest BCUT2D eigenvalue weighted by molar-refractivity contribution is 0.0562. The molecule has 0 saturated carbocycles. The number of rotatable bonds is 3. The van der Waals surface area contributed by atoms with E-state index in [9.17, 15) is 13.2 Å². The Morgan fingerprint density at radius 1 is 0.955 bits per heavy atom. The number of nitrogens with zero attached hydrogens (tertiary/aromatic N) is 2. The standard InChI is InChI=1S/C9H11F.C8H12F2N2/c1-7(2)8-3-5-9(10)6-4-8;1-5(2)7-4-12(8(9)10)11-6(7)3/h3-7H,1-2H3;4-5,8H,1-3H3. The molecule has 0 fully saturated rings. The third kappa shape index (κ3) is 5.20. The van der Waals surface area contributed by atoms with E-state index in [1.165, 1.54) is 23.9 Å². The molecule has 0 atom stereocenters. The molecule has 0 bridgehead atoms. The first-order chi connectivity index (χ1) is 10.2. The van der Waals surface area contributed by atoms with Crippen molar-refractivity contribution in [3.63, 3.8) is 0 Å². The maximum atomic E-state index is 12.4. The summed E-state index contributed by atoms with van der Waals surface area (Å²) in [5.74, 6) is 0.572. The maximum Gasteiger partial charge on any atom is 0.333 e. The summed E-state index contributed by atoms with van der Waals surface area (Å²) in [6.07, 6.45) is 1.41. The topological polar surface area (TPSA) is 17.8 Å². The van der Waals surface area contributed by atoms with Gasteiger partial charge < -0.3 is 0 Å². The van der Waals surface area contributed by atoms with E-state index in [-0.39, 0.29) is 11.7 Å². The van der Waals surface area contributed by atoms with Crippen LogP contribution < -0.4 is 0 Å². The predicted molar refractivity (Wildman–Crippen MR) is 82.8 cm³/mol. The van der Waals surface area contributed by atoms with E-state index in [4.69, 9.17) is 0 Å². The van der Waals surface area contributed by atoms with Gasteiger partial charge in [0.1, 0.15) is 5.82 Å². The van der Waals surface area contributed by atoms with Gasteiger partial charge in [-0.3, -0.25) is 0 Å². The van der Waals surface area contributed by atoms with Gasteiger partial charge in [-0.25, -0.2) is 9.07 Å². The molecule has 0 saturated heterocycles. The molecule has 1 aromatic heterocycles.